The maximum atomic E-state index is 12.6. The maximum absolute atomic E-state index is 12.6. The number of carbonyl (C=O) groups excluding carboxylic acids is 1. The van der Waals surface area contributed by atoms with Crippen LogP contribution in [0, 0.1) is 0 Å². The predicted molar refractivity (Wildman–Crippen MR) is 107 cm³/mol. The molecule has 1 aliphatic rings. The number of imidazole rings is 1. The Labute approximate surface area is 170 Å². The first kappa shape index (κ1) is 20.3. The van der Waals surface area contributed by atoms with Crippen LogP contribution in [0.15, 0.2) is 53.3 Å². The Morgan fingerprint density at radius 2 is 1.70 bits per heavy atom. The van der Waals surface area contributed by atoms with Gasteiger partial charge in [0, 0.05) is 12.1 Å². The number of aromatic nitrogens is 2. The standard InChI is InChI=1S/C22H22F3N3O2/c23-22(24,25)15-7-5-14(6-8-15)13-20(29)26-16-9-11-17(12-10-16)28-19-4-2-1-3-18(19)27-21(28)30/h1-8,16-17H,9-13H2,(H,26,29)(H,27,30)/t16-,17+. The molecule has 1 fully saturated rings. The van der Waals surface area contributed by atoms with Gasteiger partial charge in [0.15, 0.2) is 0 Å². The molecule has 1 saturated carbocycles. The Morgan fingerprint density at radius 3 is 2.37 bits per heavy atom. The minimum absolute atomic E-state index is 0.00380. The summed E-state index contributed by atoms with van der Waals surface area (Å²) in [6.45, 7) is 0. The number of hydrogen-bond donors (Lipinski definition) is 2. The summed E-state index contributed by atoms with van der Waals surface area (Å²) in [7, 11) is 0. The van der Waals surface area contributed by atoms with Crippen LogP contribution in [0.25, 0.3) is 11.0 Å². The topological polar surface area (TPSA) is 66.9 Å². The van der Waals surface area contributed by atoms with Crippen molar-refractivity contribution in [2.45, 2.75) is 50.4 Å². The zero-order valence-corrected chi connectivity index (χ0v) is 16.2. The van der Waals surface area contributed by atoms with Gasteiger partial charge in [0.25, 0.3) is 0 Å². The molecule has 0 radical (unpaired) electrons. The summed E-state index contributed by atoms with van der Waals surface area (Å²) in [4.78, 5) is 27.5. The zero-order chi connectivity index (χ0) is 21.3. The van der Waals surface area contributed by atoms with E-state index in [9.17, 15) is 22.8 Å². The van der Waals surface area contributed by atoms with E-state index in [1.54, 1.807) is 4.57 Å². The van der Waals surface area contributed by atoms with Crippen molar-refractivity contribution in [1.29, 1.82) is 0 Å². The van der Waals surface area contributed by atoms with E-state index in [1.165, 1.54) is 12.1 Å². The second-order valence-electron chi connectivity index (χ2n) is 7.76. The van der Waals surface area contributed by atoms with Gasteiger partial charge in [0.2, 0.25) is 5.91 Å². The van der Waals surface area contributed by atoms with Gasteiger partial charge in [0.1, 0.15) is 0 Å². The maximum Gasteiger partial charge on any atom is 0.416 e. The summed E-state index contributed by atoms with van der Waals surface area (Å²) < 4.78 is 39.7. The average molecular weight is 417 g/mol. The van der Waals surface area contributed by atoms with E-state index in [-0.39, 0.29) is 30.1 Å². The molecule has 0 aliphatic heterocycles. The third-order valence-corrected chi connectivity index (χ3v) is 5.70. The highest BCUT2D eigenvalue weighted by Crippen LogP contribution is 2.30. The number of benzene rings is 2. The van der Waals surface area contributed by atoms with Crippen molar-refractivity contribution in [1.82, 2.24) is 14.9 Å². The fourth-order valence-corrected chi connectivity index (χ4v) is 4.19. The molecule has 0 atom stereocenters. The van der Waals surface area contributed by atoms with Gasteiger partial charge >= 0.3 is 11.9 Å². The molecule has 1 aliphatic carbocycles. The zero-order valence-electron chi connectivity index (χ0n) is 16.2. The molecule has 5 nitrogen and oxygen atoms in total. The lowest BCUT2D eigenvalue weighted by atomic mass is 9.90. The summed E-state index contributed by atoms with van der Waals surface area (Å²) in [5.41, 5.74) is 1.40. The summed E-state index contributed by atoms with van der Waals surface area (Å²) in [6.07, 6.45) is -1.31. The number of para-hydroxylation sites is 2. The molecular weight excluding hydrogens is 395 g/mol. The summed E-state index contributed by atoms with van der Waals surface area (Å²) in [5.74, 6) is -0.206. The van der Waals surface area contributed by atoms with Crippen molar-refractivity contribution in [2.24, 2.45) is 0 Å². The van der Waals surface area contributed by atoms with E-state index in [0.717, 1.165) is 48.8 Å². The van der Waals surface area contributed by atoms with Gasteiger partial charge in [-0.3, -0.25) is 9.36 Å². The quantitative estimate of drug-likeness (QED) is 0.669. The molecule has 30 heavy (non-hydrogen) atoms. The minimum Gasteiger partial charge on any atom is -0.353 e. The van der Waals surface area contributed by atoms with Gasteiger partial charge in [-0.05, 0) is 55.5 Å². The number of halogens is 3. The first-order valence-electron chi connectivity index (χ1n) is 9.96. The largest absolute Gasteiger partial charge is 0.416 e. The highest BCUT2D eigenvalue weighted by Gasteiger charge is 2.30. The summed E-state index contributed by atoms with van der Waals surface area (Å²) >= 11 is 0. The molecular formula is C22H22F3N3O2. The number of alkyl halides is 3. The number of carbonyl (C=O) groups is 1. The van der Waals surface area contributed by atoms with E-state index in [4.69, 9.17) is 0 Å². The molecule has 158 valence electrons. The van der Waals surface area contributed by atoms with Gasteiger partial charge in [-0.2, -0.15) is 13.2 Å². The van der Waals surface area contributed by atoms with E-state index >= 15 is 0 Å². The van der Waals surface area contributed by atoms with Crippen LogP contribution >= 0.6 is 0 Å². The van der Waals surface area contributed by atoms with E-state index in [2.05, 4.69) is 10.3 Å². The molecule has 1 heterocycles. The van der Waals surface area contributed by atoms with Crippen LogP contribution in [-0.4, -0.2) is 21.5 Å². The van der Waals surface area contributed by atoms with Gasteiger partial charge < -0.3 is 10.3 Å². The second-order valence-corrected chi connectivity index (χ2v) is 7.76. The molecule has 1 amide bonds. The first-order chi connectivity index (χ1) is 14.3. The lowest BCUT2D eigenvalue weighted by molar-refractivity contribution is -0.137. The van der Waals surface area contributed by atoms with Crippen LogP contribution < -0.4 is 11.0 Å². The number of rotatable bonds is 4. The highest BCUT2D eigenvalue weighted by molar-refractivity contribution is 5.79. The Morgan fingerprint density at radius 1 is 1.03 bits per heavy atom. The van der Waals surface area contributed by atoms with Crippen LogP contribution in [0.2, 0.25) is 0 Å². The Bertz CT molecular complexity index is 1090. The second kappa shape index (κ2) is 8.01. The number of nitrogens with one attached hydrogen (secondary N) is 2. The molecule has 0 saturated heterocycles. The monoisotopic (exact) mass is 417 g/mol. The smallest absolute Gasteiger partial charge is 0.353 e. The third kappa shape index (κ3) is 4.27. The number of H-pyrrole nitrogens is 1. The van der Waals surface area contributed by atoms with Crippen LogP contribution in [0.4, 0.5) is 13.2 Å². The number of fused-ring (bicyclic) bond motifs is 1. The van der Waals surface area contributed by atoms with Gasteiger partial charge in [-0.25, -0.2) is 4.79 Å². The molecule has 4 rings (SSSR count). The van der Waals surface area contributed by atoms with Crippen molar-refractivity contribution in [2.75, 3.05) is 0 Å². The van der Waals surface area contributed by atoms with Crippen molar-refractivity contribution in [3.8, 4) is 0 Å². The van der Waals surface area contributed by atoms with Crippen molar-refractivity contribution < 1.29 is 18.0 Å². The highest BCUT2D eigenvalue weighted by atomic mass is 19.4. The van der Waals surface area contributed by atoms with Crippen LogP contribution in [0.1, 0.15) is 42.9 Å². The molecule has 1 aromatic heterocycles. The predicted octanol–water partition coefficient (Wildman–Crippen LogP) is 4.19. The molecule has 2 N–H and O–H groups in total. The van der Waals surface area contributed by atoms with Crippen LogP contribution in [-0.2, 0) is 17.4 Å². The Kier molecular flexibility index (Phi) is 5.40. The van der Waals surface area contributed by atoms with Crippen molar-refractivity contribution in [3.63, 3.8) is 0 Å². The molecule has 8 heteroatoms. The SMILES string of the molecule is O=C(Cc1ccc(C(F)(F)F)cc1)N[C@H]1CC[C@@H](n2c(=O)[nH]c3ccccc32)CC1. The number of amides is 1. The first-order valence-corrected chi connectivity index (χ1v) is 9.96. The van der Waals surface area contributed by atoms with Crippen LogP contribution in [0.3, 0.4) is 0 Å². The van der Waals surface area contributed by atoms with Crippen molar-refractivity contribution in [3.05, 3.63) is 70.1 Å². The molecule has 3 aromatic rings. The van der Waals surface area contributed by atoms with E-state index in [1.807, 2.05) is 24.3 Å². The summed E-state index contributed by atoms with van der Waals surface area (Å²) in [6, 6.07) is 12.3. The van der Waals surface area contributed by atoms with Crippen molar-refractivity contribution >= 4 is 16.9 Å². The fraction of sp³-hybridized carbons (Fsp3) is 0.364. The number of nitrogens with zero attached hydrogens (tertiary/aromatic N) is 1. The van der Waals surface area contributed by atoms with Gasteiger partial charge in [-0.15, -0.1) is 0 Å². The third-order valence-electron chi connectivity index (χ3n) is 5.70. The molecule has 2 aromatic carbocycles. The number of hydrogen-bond acceptors (Lipinski definition) is 2. The number of aromatic amines is 1. The average Bonchev–Trinajstić information content (AvgIpc) is 3.04. The lowest BCUT2D eigenvalue weighted by Gasteiger charge is -2.30. The molecule has 0 spiro atoms. The normalized spacial score (nSPS) is 19.7. The lowest BCUT2D eigenvalue weighted by Crippen LogP contribution is -2.39. The van der Waals surface area contributed by atoms with E-state index < -0.39 is 11.7 Å². The minimum atomic E-state index is -4.38. The Hall–Kier alpha value is -3.03. The molecule has 0 unspecified atom stereocenters. The van der Waals surface area contributed by atoms with E-state index in [0.29, 0.717) is 5.56 Å². The molecule has 0 bridgehead atoms. The van der Waals surface area contributed by atoms with Crippen LogP contribution in [0.5, 0.6) is 0 Å². The Balaban J connectivity index is 1.33. The summed E-state index contributed by atoms with van der Waals surface area (Å²) in [5, 5.41) is 2.97. The van der Waals surface area contributed by atoms with Gasteiger partial charge in [-0.1, -0.05) is 24.3 Å². The fourth-order valence-electron chi connectivity index (χ4n) is 4.19. The van der Waals surface area contributed by atoms with Gasteiger partial charge in [0.05, 0.1) is 23.0 Å².